The maximum Gasteiger partial charge on any atom is 0.333 e. The van der Waals surface area contributed by atoms with Gasteiger partial charge < -0.3 is 19.0 Å². The molecule has 4 nitrogen and oxygen atoms in total. The summed E-state index contributed by atoms with van der Waals surface area (Å²) < 4.78 is 9.41. The molecule has 0 unspecified atom stereocenters. The van der Waals surface area contributed by atoms with Crippen LogP contribution in [0, 0.1) is 0 Å². The number of benzene rings is 7. The van der Waals surface area contributed by atoms with E-state index in [0.29, 0.717) is 0 Å². The number of ether oxygens (including phenoxy) is 1. The van der Waals surface area contributed by atoms with Crippen molar-refractivity contribution in [3.05, 3.63) is 157 Å². The molecule has 4 heterocycles. The second kappa shape index (κ2) is 11.2. The Bertz CT molecular complexity index is 2840. The van der Waals surface area contributed by atoms with Crippen molar-refractivity contribution in [3.63, 3.8) is 0 Å². The lowest BCUT2D eigenvalue weighted by Crippen LogP contribution is -2.57. The lowest BCUT2D eigenvalue weighted by molar-refractivity contribution is 0.477. The van der Waals surface area contributed by atoms with Crippen molar-refractivity contribution in [1.82, 2.24) is 4.48 Å². The van der Waals surface area contributed by atoms with E-state index in [-0.39, 0.29) is 17.7 Å². The first kappa shape index (κ1) is 32.3. The number of aromatic nitrogens is 1. The number of hydrogen-bond donors (Lipinski definition) is 0. The second-order valence-electron chi connectivity index (χ2n) is 17.5. The highest BCUT2D eigenvalue weighted by Gasteiger charge is 2.46. The van der Waals surface area contributed by atoms with E-state index in [1.54, 1.807) is 0 Å². The van der Waals surface area contributed by atoms with Gasteiger partial charge >= 0.3 is 6.85 Å². The Morgan fingerprint density at radius 3 is 1.89 bits per heavy atom. The largest absolute Gasteiger partial charge is 0.453 e. The Balaban J connectivity index is 1.33. The molecule has 0 radical (unpaired) electrons. The van der Waals surface area contributed by atoms with E-state index in [9.17, 15) is 0 Å². The molecule has 0 saturated heterocycles. The first-order valence-corrected chi connectivity index (χ1v) is 19.5. The molecule has 5 heteroatoms. The second-order valence-corrected chi connectivity index (χ2v) is 17.5. The van der Waals surface area contributed by atoms with E-state index in [0.717, 1.165) is 39.9 Å². The number of anilines is 6. The SMILES string of the molecule is CC(C)(C)c1ccc2c(c1)c1cc(C(C)(C)C)cc3c1n2B1c2cccc4c2N(c2ccccc2O4)c2cc(N(c4ccccc4)c4ccccc4)cc-3c21. The number of rotatable bonds is 3. The zero-order valence-corrected chi connectivity index (χ0v) is 32.2. The van der Waals surface area contributed by atoms with Gasteiger partial charge in [-0.3, -0.25) is 0 Å². The maximum atomic E-state index is 6.75. The minimum Gasteiger partial charge on any atom is -0.453 e. The monoisotopic (exact) mass is 711 g/mol. The van der Waals surface area contributed by atoms with E-state index in [1.165, 1.54) is 60.7 Å². The lowest BCUT2D eigenvalue weighted by atomic mass is 9.45. The van der Waals surface area contributed by atoms with Crippen molar-refractivity contribution in [2.75, 3.05) is 9.80 Å². The van der Waals surface area contributed by atoms with Gasteiger partial charge in [0.2, 0.25) is 0 Å². The van der Waals surface area contributed by atoms with Crippen molar-refractivity contribution >= 4 is 73.7 Å². The van der Waals surface area contributed by atoms with Crippen LogP contribution in [0.25, 0.3) is 32.9 Å². The molecular weight excluding hydrogens is 669 g/mol. The van der Waals surface area contributed by atoms with Gasteiger partial charge in [0.1, 0.15) is 0 Å². The van der Waals surface area contributed by atoms with Crippen molar-refractivity contribution in [3.8, 4) is 22.6 Å². The topological polar surface area (TPSA) is 20.6 Å². The highest BCUT2D eigenvalue weighted by atomic mass is 16.5. The van der Waals surface area contributed by atoms with E-state index in [4.69, 9.17) is 4.74 Å². The van der Waals surface area contributed by atoms with Crippen molar-refractivity contribution in [2.24, 2.45) is 0 Å². The predicted molar refractivity (Wildman–Crippen MR) is 232 cm³/mol. The van der Waals surface area contributed by atoms with Crippen LogP contribution >= 0.6 is 0 Å². The summed E-state index contributed by atoms with van der Waals surface area (Å²) in [5, 5.41) is 2.63. The fourth-order valence-corrected chi connectivity index (χ4v) is 9.33. The van der Waals surface area contributed by atoms with Gasteiger partial charge in [-0.2, -0.15) is 0 Å². The first-order chi connectivity index (χ1) is 26.6. The Labute approximate surface area is 323 Å². The van der Waals surface area contributed by atoms with E-state index >= 15 is 0 Å². The van der Waals surface area contributed by atoms with Crippen LogP contribution in [0.5, 0.6) is 11.5 Å². The van der Waals surface area contributed by atoms with Crippen LogP contribution in [0.1, 0.15) is 52.7 Å². The molecule has 0 aliphatic carbocycles. The average molecular weight is 712 g/mol. The smallest absolute Gasteiger partial charge is 0.333 e. The van der Waals surface area contributed by atoms with Gasteiger partial charge in [-0.25, -0.2) is 0 Å². The zero-order valence-electron chi connectivity index (χ0n) is 32.2. The molecule has 0 amide bonds. The minimum atomic E-state index is -0.0607. The molecule has 3 aliphatic heterocycles. The Hall–Kier alpha value is -6.20. The number of fused-ring (bicyclic) bond motifs is 9. The Kier molecular flexibility index (Phi) is 6.55. The molecule has 3 aliphatic rings. The molecule has 0 atom stereocenters. The molecule has 11 rings (SSSR count). The van der Waals surface area contributed by atoms with Crippen LogP contribution in [0.3, 0.4) is 0 Å². The third-order valence-corrected chi connectivity index (χ3v) is 12.0. The van der Waals surface area contributed by atoms with E-state index in [2.05, 4.69) is 201 Å². The minimum absolute atomic E-state index is 0.0191. The number of hydrogen-bond acceptors (Lipinski definition) is 3. The van der Waals surface area contributed by atoms with Crippen molar-refractivity contribution in [1.29, 1.82) is 0 Å². The maximum absolute atomic E-state index is 6.75. The van der Waals surface area contributed by atoms with E-state index in [1.807, 2.05) is 0 Å². The van der Waals surface area contributed by atoms with Crippen LogP contribution in [0.2, 0.25) is 0 Å². The van der Waals surface area contributed by atoms with Crippen LogP contribution < -0.4 is 25.5 Å². The Morgan fingerprint density at radius 2 is 1.18 bits per heavy atom. The predicted octanol–water partition coefficient (Wildman–Crippen LogP) is 12.4. The summed E-state index contributed by atoms with van der Waals surface area (Å²) in [5.74, 6) is 1.75. The van der Waals surface area contributed by atoms with Crippen LogP contribution in [0.4, 0.5) is 34.1 Å². The summed E-state index contributed by atoms with van der Waals surface area (Å²) in [5.41, 5.74) is 17.0. The average Bonchev–Trinajstić information content (AvgIpc) is 3.51. The van der Waals surface area contributed by atoms with Crippen LogP contribution in [0.15, 0.2) is 146 Å². The standard InChI is InChI=1S/C50H42BN3O/c1-49(2,3)31-24-25-41-36(26-31)38-27-32(50(4,5)6)28-39-37-29-35(52(33-16-9-7-10-17-33)34-18-11-8-12-19-34)30-43-46(37)51(54(41)47(38)39)40-20-15-23-45-48(40)53(43)42-21-13-14-22-44(42)55-45/h7-30H,1-6H3. The van der Waals surface area contributed by atoms with Crippen LogP contribution in [-0.2, 0) is 10.8 Å². The van der Waals surface area contributed by atoms with Gasteiger partial charge in [0.15, 0.2) is 11.5 Å². The number of para-hydroxylation sites is 5. The summed E-state index contributed by atoms with van der Waals surface area (Å²) in [6, 6.07) is 53.7. The molecule has 1 aromatic heterocycles. The molecule has 266 valence electrons. The molecule has 7 aromatic carbocycles. The van der Waals surface area contributed by atoms with Crippen LogP contribution in [-0.4, -0.2) is 11.3 Å². The van der Waals surface area contributed by atoms with Gasteiger partial charge in [0.25, 0.3) is 0 Å². The van der Waals surface area contributed by atoms with Gasteiger partial charge in [-0.05, 0) is 117 Å². The van der Waals surface area contributed by atoms with Gasteiger partial charge in [0, 0.05) is 50.1 Å². The third-order valence-electron chi connectivity index (χ3n) is 12.0. The fourth-order valence-electron chi connectivity index (χ4n) is 9.33. The van der Waals surface area contributed by atoms with Gasteiger partial charge in [-0.1, -0.05) is 108 Å². The molecule has 0 saturated carbocycles. The van der Waals surface area contributed by atoms with Gasteiger partial charge in [0.05, 0.1) is 11.4 Å². The van der Waals surface area contributed by atoms with E-state index < -0.39 is 0 Å². The molecule has 0 N–H and O–H groups in total. The molecule has 8 aromatic rings. The van der Waals surface area contributed by atoms with Gasteiger partial charge in [-0.15, -0.1) is 0 Å². The third kappa shape index (κ3) is 4.59. The summed E-state index contributed by atoms with van der Waals surface area (Å²) >= 11 is 0. The summed E-state index contributed by atoms with van der Waals surface area (Å²) in [4.78, 5) is 4.89. The number of nitrogens with zero attached hydrogens (tertiary/aromatic N) is 3. The van der Waals surface area contributed by atoms with Crippen molar-refractivity contribution < 1.29 is 4.74 Å². The molecule has 0 spiro atoms. The highest BCUT2D eigenvalue weighted by Crippen LogP contribution is 2.55. The lowest BCUT2D eigenvalue weighted by Gasteiger charge is -2.44. The van der Waals surface area contributed by atoms with Crippen molar-refractivity contribution in [2.45, 2.75) is 52.4 Å². The zero-order chi connectivity index (χ0) is 37.4. The normalized spacial score (nSPS) is 13.7. The quantitative estimate of drug-likeness (QED) is 0.170. The molecule has 0 fully saturated rings. The molecular formula is C50H42BN3O. The summed E-state index contributed by atoms with van der Waals surface area (Å²) in [6.45, 7) is 13.9. The molecule has 55 heavy (non-hydrogen) atoms. The first-order valence-electron chi connectivity index (χ1n) is 19.5. The Morgan fingerprint density at radius 1 is 0.527 bits per heavy atom. The highest BCUT2D eigenvalue weighted by molar-refractivity contribution is 6.90. The molecule has 0 bridgehead atoms. The summed E-state index contributed by atoms with van der Waals surface area (Å²) in [7, 11) is 0. The fraction of sp³-hybridized carbons (Fsp3) is 0.160. The summed E-state index contributed by atoms with van der Waals surface area (Å²) in [6.07, 6.45) is 0.